The van der Waals surface area contributed by atoms with Gasteiger partial charge in [0.1, 0.15) is 17.4 Å². The summed E-state index contributed by atoms with van der Waals surface area (Å²) in [5, 5.41) is 8.31. The van der Waals surface area contributed by atoms with Crippen molar-refractivity contribution in [3.8, 4) is 5.75 Å². The minimum Gasteiger partial charge on any atom is -0.475 e. The van der Waals surface area contributed by atoms with Crippen molar-refractivity contribution in [2.45, 2.75) is 96.5 Å². The molecule has 0 saturated carbocycles. The smallest absolute Gasteiger partial charge is 0.167 e. The predicted molar refractivity (Wildman–Crippen MR) is 168 cm³/mol. The second-order valence-corrected chi connectivity index (χ2v) is 14.8. The summed E-state index contributed by atoms with van der Waals surface area (Å²) in [7, 11) is 0. The van der Waals surface area contributed by atoms with Gasteiger partial charge in [-0.15, -0.1) is 0 Å². The van der Waals surface area contributed by atoms with Crippen molar-refractivity contribution < 1.29 is 13.5 Å². The van der Waals surface area contributed by atoms with Gasteiger partial charge < -0.3 is 10.1 Å². The van der Waals surface area contributed by atoms with Crippen molar-refractivity contribution >= 4 is 28.8 Å². The molecule has 5 heteroatoms. The van der Waals surface area contributed by atoms with Crippen molar-refractivity contribution in [3.63, 3.8) is 0 Å². The number of halogens is 3. The molecule has 0 aliphatic carbocycles. The molecule has 0 bridgehead atoms. The predicted octanol–water partition coefficient (Wildman–Crippen LogP) is 9.79. The summed E-state index contributed by atoms with van der Waals surface area (Å²) in [5.74, 6) is -0.370. The molecule has 0 aliphatic heterocycles. The van der Waals surface area contributed by atoms with E-state index in [2.05, 4.69) is 89.3 Å². The monoisotopic (exact) mass is 645 g/mol. The molecule has 2 nitrogen and oxygen atoms in total. The molecule has 3 aromatic rings. The Bertz CT molecular complexity index is 1370. The number of alkyl halides is 1. The average Bonchev–Trinajstić information content (AvgIpc) is 2.84. The van der Waals surface area contributed by atoms with Crippen LogP contribution in [0.15, 0.2) is 36.4 Å². The molecule has 0 saturated heterocycles. The molecule has 210 valence electrons. The average molecular weight is 646 g/mol. The number of ether oxygens (including phenoxy) is 1. The topological polar surface area (TPSA) is 33.1 Å². The summed E-state index contributed by atoms with van der Waals surface area (Å²) in [5.41, 5.74) is 6.24. The highest BCUT2D eigenvalue weighted by Gasteiger charge is 2.36. The molecule has 0 heterocycles. The van der Waals surface area contributed by atoms with Crippen LogP contribution < -0.4 is 4.74 Å². The van der Waals surface area contributed by atoms with Gasteiger partial charge in [0.05, 0.1) is 0 Å². The molecule has 3 aromatic carbocycles. The lowest BCUT2D eigenvalue weighted by Gasteiger charge is -2.35. The summed E-state index contributed by atoms with van der Waals surface area (Å²) in [4.78, 5) is 0. The molecular formula is C34H42F2INO. The van der Waals surface area contributed by atoms with E-state index in [1.165, 1.54) is 13.1 Å². The van der Waals surface area contributed by atoms with Crippen LogP contribution in [0.5, 0.6) is 5.75 Å². The van der Waals surface area contributed by atoms with Gasteiger partial charge in [-0.1, -0.05) is 71.9 Å². The van der Waals surface area contributed by atoms with Crippen LogP contribution in [-0.4, -0.2) is 9.82 Å². The molecule has 39 heavy (non-hydrogen) atoms. The summed E-state index contributed by atoms with van der Waals surface area (Å²) in [6.07, 6.45) is 2.10. The number of nitrogens with one attached hydrogen (secondary N) is 1. The van der Waals surface area contributed by atoms with E-state index in [0.29, 0.717) is 34.4 Å². The Hall–Kier alpha value is -2.28. The largest absolute Gasteiger partial charge is 0.475 e. The summed E-state index contributed by atoms with van der Waals surface area (Å²) >= 11 is 2.31. The lowest BCUT2D eigenvalue weighted by molar-refractivity contribution is 0.178. The summed E-state index contributed by atoms with van der Waals surface area (Å²) in [6.45, 7) is 19.9. The van der Waals surface area contributed by atoms with Gasteiger partial charge in [0.15, 0.2) is 3.61 Å². The fraction of sp³-hybridized carbons (Fsp3) is 0.441. The van der Waals surface area contributed by atoms with E-state index in [-0.39, 0.29) is 22.8 Å². The molecule has 0 aliphatic rings. The Kier molecular flexibility index (Phi) is 9.06. The van der Waals surface area contributed by atoms with E-state index >= 15 is 4.39 Å². The molecule has 0 aromatic heterocycles. The Morgan fingerprint density at radius 3 is 1.97 bits per heavy atom. The van der Waals surface area contributed by atoms with Crippen LogP contribution in [0.1, 0.15) is 91.6 Å². The molecule has 1 atom stereocenters. The number of hydrogen-bond donors (Lipinski definition) is 1. The lowest BCUT2D eigenvalue weighted by Crippen LogP contribution is -2.36. The van der Waals surface area contributed by atoms with Gasteiger partial charge in [0.25, 0.3) is 0 Å². The Morgan fingerprint density at radius 1 is 0.821 bits per heavy atom. The Morgan fingerprint density at radius 2 is 1.44 bits per heavy atom. The fourth-order valence-corrected chi connectivity index (χ4v) is 5.92. The van der Waals surface area contributed by atoms with Crippen LogP contribution in [0.2, 0.25) is 0 Å². The zero-order valence-electron chi connectivity index (χ0n) is 25.0. The molecule has 1 unspecified atom stereocenters. The standard InChI is InChI=1S/C34H42F2INO/c1-20-13-11-12-14-24(20)17-34(37,18-27-21(2)22(3)29(35)23(4)30(27)36)39-31-25(19-38)15-26(32(5,6)7)16-28(31)33(8,9)10/h11-16,19,38H,17-18H2,1-10H3. The van der Waals surface area contributed by atoms with Crippen LogP contribution in [0.25, 0.3) is 0 Å². The molecule has 3 rings (SSSR count). The maximum atomic E-state index is 15.7. The normalized spacial score (nSPS) is 13.8. The van der Waals surface area contributed by atoms with Crippen molar-refractivity contribution in [1.29, 1.82) is 5.41 Å². The van der Waals surface area contributed by atoms with Crippen molar-refractivity contribution in [2.24, 2.45) is 0 Å². The molecule has 1 N–H and O–H groups in total. The van der Waals surface area contributed by atoms with E-state index < -0.39 is 15.2 Å². The quantitative estimate of drug-likeness (QED) is 0.155. The Balaban J connectivity index is 2.28. The lowest BCUT2D eigenvalue weighted by atomic mass is 9.79. The van der Waals surface area contributed by atoms with Crippen LogP contribution >= 0.6 is 22.6 Å². The zero-order valence-corrected chi connectivity index (χ0v) is 27.2. The van der Waals surface area contributed by atoms with Gasteiger partial charge in [-0.25, -0.2) is 8.78 Å². The van der Waals surface area contributed by atoms with E-state index in [9.17, 15) is 4.39 Å². The third-order valence-electron chi connectivity index (χ3n) is 7.66. The van der Waals surface area contributed by atoms with Gasteiger partial charge in [0, 0.05) is 35.7 Å². The number of aryl methyl sites for hydroxylation is 1. The fourth-order valence-electron chi connectivity index (χ4n) is 4.91. The van der Waals surface area contributed by atoms with Crippen molar-refractivity contribution in [3.05, 3.63) is 98.1 Å². The third kappa shape index (κ3) is 6.72. The molecule has 0 amide bonds. The van der Waals surface area contributed by atoms with Gasteiger partial charge >= 0.3 is 0 Å². The minimum atomic E-state index is -0.910. The van der Waals surface area contributed by atoms with Gasteiger partial charge in [-0.2, -0.15) is 0 Å². The maximum Gasteiger partial charge on any atom is 0.167 e. The first-order valence-electron chi connectivity index (χ1n) is 13.4. The molecule has 0 radical (unpaired) electrons. The van der Waals surface area contributed by atoms with Gasteiger partial charge in [-0.3, -0.25) is 0 Å². The van der Waals surface area contributed by atoms with E-state index in [0.717, 1.165) is 22.3 Å². The van der Waals surface area contributed by atoms with Gasteiger partial charge in [0.2, 0.25) is 0 Å². The minimum absolute atomic E-state index is 0.0350. The molecular weight excluding hydrogens is 603 g/mol. The third-order valence-corrected chi connectivity index (χ3v) is 8.64. The zero-order chi connectivity index (χ0) is 29.5. The van der Waals surface area contributed by atoms with Crippen molar-refractivity contribution in [1.82, 2.24) is 0 Å². The highest BCUT2D eigenvalue weighted by atomic mass is 127. The first-order chi connectivity index (χ1) is 17.9. The highest BCUT2D eigenvalue weighted by Crippen LogP contribution is 2.43. The summed E-state index contributed by atoms with van der Waals surface area (Å²) in [6, 6.07) is 12.3. The van der Waals surface area contributed by atoms with Crippen LogP contribution in [-0.2, 0) is 23.7 Å². The first kappa shape index (κ1) is 31.3. The van der Waals surface area contributed by atoms with Crippen LogP contribution in [0, 0.1) is 44.7 Å². The van der Waals surface area contributed by atoms with Crippen molar-refractivity contribution in [2.75, 3.05) is 0 Å². The van der Waals surface area contributed by atoms with E-state index in [1.807, 2.05) is 18.2 Å². The van der Waals surface area contributed by atoms with Crippen LogP contribution in [0.3, 0.4) is 0 Å². The number of hydrogen-bond acceptors (Lipinski definition) is 2. The van der Waals surface area contributed by atoms with Gasteiger partial charge in [-0.05, 0) is 101 Å². The first-order valence-corrected chi connectivity index (χ1v) is 14.5. The Labute approximate surface area is 247 Å². The maximum absolute atomic E-state index is 15.7. The number of rotatable bonds is 7. The molecule has 0 fully saturated rings. The highest BCUT2D eigenvalue weighted by molar-refractivity contribution is 14.1. The van der Waals surface area contributed by atoms with E-state index in [1.54, 1.807) is 13.8 Å². The van der Waals surface area contributed by atoms with E-state index in [4.69, 9.17) is 10.1 Å². The second kappa shape index (κ2) is 11.3. The number of benzene rings is 3. The van der Waals surface area contributed by atoms with Crippen LogP contribution in [0.4, 0.5) is 8.78 Å². The summed E-state index contributed by atoms with van der Waals surface area (Å²) < 4.78 is 36.5. The second-order valence-electron chi connectivity index (χ2n) is 12.8. The SMILES string of the molecule is Cc1ccccc1CC(I)(Cc1c(C)c(C)c(F)c(C)c1F)Oc1c(C=N)cc(C(C)(C)C)cc1C(C)(C)C. The molecule has 0 spiro atoms.